The summed E-state index contributed by atoms with van der Waals surface area (Å²) in [5.41, 5.74) is -2.63. The molecule has 216 valence electrons. The highest BCUT2D eigenvalue weighted by Gasteiger charge is 2.57. The Morgan fingerprint density at radius 2 is 1.54 bits per heavy atom. The van der Waals surface area contributed by atoms with E-state index in [9.17, 15) is 26.4 Å². The Morgan fingerprint density at radius 1 is 0.902 bits per heavy atom. The topological polar surface area (TPSA) is 72.9 Å². The molecule has 3 aliphatic heterocycles. The Morgan fingerprint density at radius 3 is 2.12 bits per heavy atom. The highest BCUT2D eigenvalue weighted by atomic mass is 32.2. The van der Waals surface area contributed by atoms with Crippen LogP contribution in [0.25, 0.3) is 0 Å². The van der Waals surface area contributed by atoms with Crippen LogP contribution in [0.5, 0.6) is 5.75 Å². The van der Waals surface area contributed by atoms with Crippen LogP contribution in [-0.2, 0) is 25.9 Å². The van der Waals surface area contributed by atoms with E-state index >= 15 is 0 Å². The molecular weight excluding hydrogens is 571 g/mol. The van der Waals surface area contributed by atoms with Crippen molar-refractivity contribution in [3.63, 3.8) is 0 Å². The Kier molecular flexibility index (Phi) is 5.84. The van der Waals surface area contributed by atoms with Crippen molar-refractivity contribution in [3.8, 4) is 5.75 Å². The van der Waals surface area contributed by atoms with E-state index in [0.29, 0.717) is 21.9 Å². The van der Waals surface area contributed by atoms with E-state index < -0.39 is 41.0 Å². The van der Waals surface area contributed by atoms with Crippen LogP contribution in [0.4, 0.5) is 18.9 Å². The van der Waals surface area contributed by atoms with E-state index in [4.69, 9.17) is 4.74 Å². The Labute approximate surface area is 238 Å². The lowest BCUT2D eigenvalue weighted by molar-refractivity contribution is -0.0500. The summed E-state index contributed by atoms with van der Waals surface area (Å²) in [7, 11) is -8.58. The minimum atomic E-state index is -5.87. The molecule has 3 aromatic rings. The number of esters is 1. The lowest BCUT2D eigenvalue weighted by atomic mass is 9.76. The third-order valence-corrected chi connectivity index (χ3v) is 13.0. The van der Waals surface area contributed by atoms with Crippen molar-refractivity contribution in [3.05, 3.63) is 82.4 Å². The van der Waals surface area contributed by atoms with Crippen LogP contribution >= 0.6 is 0 Å². The molecule has 1 fully saturated rings. The van der Waals surface area contributed by atoms with E-state index in [-0.39, 0.29) is 5.41 Å². The van der Waals surface area contributed by atoms with Crippen molar-refractivity contribution >= 4 is 40.2 Å². The van der Waals surface area contributed by atoms with Crippen molar-refractivity contribution < 1.29 is 35.3 Å². The first kappa shape index (κ1) is 27.8. The molecule has 0 saturated carbocycles. The molecule has 1 saturated heterocycles. The number of hydrogen-bond acceptors (Lipinski definition) is 6. The van der Waals surface area contributed by atoms with Gasteiger partial charge in [0.25, 0.3) is 0 Å². The number of carbonyl (C=O) groups is 1. The molecule has 0 amide bonds. The number of anilines is 1. The molecule has 0 N–H and O–H groups in total. The fraction of sp³-hybridized carbons (Fsp3) is 0.367. The molecule has 1 spiro atoms. The van der Waals surface area contributed by atoms with E-state index in [0.717, 1.165) is 41.5 Å². The number of fused-ring (bicyclic) bond motifs is 6. The molecule has 11 heteroatoms. The van der Waals surface area contributed by atoms with E-state index in [1.165, 1.54) is 12.1 Å². The van der Waals surface area contributed by atoms with Crippen LogP contribution in [0.2, 0.25) is 13.1 Å². The summed E-state index contributed by atoms with van der Waals surface area (Å²) < 4.78 is 74.2. The highest BCUT2D eigenvalue weighted by molar-refractivity contribution is 7.88. The van der Waals surface area contributed by atoms with Gasteiger partial charge in [-0.2, -0.15) is 21.6 Å². The predicted molar refractivity (Wildman–Crippen MR) is 153 cm³/mol. The van der Waals surface area contributed by atoms with Crippen molar-refractivity contribution in [2.75, 3.05) is 18.0 Å². The van der Waals surface area contributed by atoms with Crippen LogP contribution in [0.1, 0.15) is 59.8 Å². The monoisotopic (exact) mass is 601 g/mol. The largest absolute Gasteiger partial charge is 0.534 e. The minimum absolute atomic E-state index is 0.235. The molecule has 0 radical (unpaired) electrons. The average molecular weight is 602 g/mol. The van der Waals surface area contributed by atoms with E-state index in [1.807, 2.05) is 24.3 Å². The minimum Gasteiger partial charge on any atom is -0.441 e. The summed E-state index contributed by atoms with van der Waals surface area (Å²) in [5, 5.41) is 1.61. The van der Waals surface area contributed by atoms with Gasteiger partial charge in [-0.25, -0.2) is 4.79 Å². The predicted octanol–water partition coefficient (Wildman–Crippen LogP) is 5.02. The smallest absolute Gasteiger partial charge is 0.441 e. The van der Waals surface area contributed by atoms with Gasteiger partial charge in [0.2, 0.25) is 0 Å². The second kappa shape index (κ2) is 8.60. The molecule has 1 unspecified atom stereocenters. The van der Waals surface area contributed by atoms with Gasteiger partial charge >= 0.3 is 21.6 Å². The van der Waals surface area contributed by atoms with Crippen LogP contribution in [0, 0.1) is 0 Å². The molecule has 3 heterocycles. The zero-order chi connectivity index (χ0) is 29.8. The molecule has 0 bridgehead atoms. The summed E-state index contributed by atoms with van der Waals surface area (Å²) in [6, 6.07) is 15.9. The number of rotatable bonds is 3. The van der Waals surface area contributed by atoms with Gasteiger partial charge in [0.15, 0.2) is 5.60 Å². The van der Waals surface area contributed by atoms with Crippen LogP contribution in [-0.4, -0.2) is 41.1 Å². The molecule has 3 aromatic carbocycles. The van der Waals surface area contributed by atoms with Crippen LogP contribution < -0.4 is 19.5 Å². The zero-order valence-electron chi connectivity index (χ0n) is 23.3. The SMILES string of the molecule is CC(C)(C)c1ccc2c(c1)C1(OC2=O)c2ccc(OS(=O)(=O)C(F)(F)F)cc2[Si](C)(C)c2cc(N3CCC3)ccc21. The normalized spacial score (nSPS) is 21.1. The summed E-state index contributed by atoms with van der Waals surface area (Å²) >= 11 is 0. The first-order valence-corrected chi connectivity index (χ1v) is 17.8. The van der Waals surface area contributed by atoms with Gasteiger partial charge in [-0.3, -0.25) is 0 Å². The Bertz CT molecular complexity index is 1720. The van der Waals surface area contributed by atoms with Gasteiger partial charge in [-0.15, -0.1) is 0 Å². The number of halogens is 3. The van der Waals surface area contributed by atoms with Gasteiger partial charge in [-0.1, -0.05) is 52.1 Å². The van der Waals surface area contributed by atoms with Crippen molar-refractivity contribution in [2.45, 2.75) is 56.8 Å². The number of alkyl halides is 3. The third-order valence-electron chi connectivity index (χ3n) is 8.54. The average Bonchev–Trinajstić information content (AvgIpc) is 3.13. The second-order valence-corrected chi connectivity index (χ2v) is 18.3. The maximum Gasteiger partial charge on any atom is 0.534 e. The quantitative estimate of drug-likeness (QED) is 0.182. The fourth-order valence-corrected chi connectivity index (χ4v) is 9.74. The van der Waals surface area contributed by atoms with Crippen molar-refractivity contribution in [1.29, 1.82) is 0 Å². The lowest BCUT2D eigenvalue weighted by Crippen LogP contribution is -2.63. The highest BCUT2D eigenvalue weighted by Crippen LogP contribution is 2.50. The maximum atomic E-state index is 13.4. The summed E-state index contributed by atoms with van der Waals surface area (Å²) in [6.45, 7) is 12.2. The van der Waals surface area contributed by atoms with Gasteiger partial charge in [0.05, 0.1) is 5.56 Å². The van der Waals surface area contributed by atoms with Crippen LogP contribution in [0.3, 0.4) is 0 Å². The Hall–Kier alpha value is -3.31. The summed E-state index contributed by atoms with van der Waals surface area (Å²) in [5.74, 6) is -0.933. The second-order valence-electron chi connectivity index (χ2n) is 12.5. The molecular formula is C30H30F3NO5SSi. The van der Waals surface area contributed by atoms with Gasteiger partial charge in [0, 0.05) is 35.5 Å². The number of hydrogen-bond donors (Lipinski definition) is 0. The molecule has 6 nitrogen and oxygen atoms in total. The number of benzene rings is 3. The molecule has 0 aromatic heterocycles. The standard InChI is InChI=1S/C30H30F3NO5SSi/c1-28(2,3)18-7-10-21-24(15-18)29(38-27(21)35)22-11-8-19(34-13-6-14-34)16-25(22)41(4,5)26-17-20(9-12-23(26)29)39-40(36,37)30(31,32)33/h7-12,15-17H,6,13-14H2,1-5H3. The summed E-state index contributed by atoms with van der Waals surface area (Å²) in [6.07, 6.45) is 1.08. The van der Waals surface area contributed by atoms with Gasteiger partial charge < -0.3 is 13.8 Å². The molecule has 6 rings (SSSR count). The number of nitrogens with zero attached hydrogens (tertiary/aromatic N) is 1. The van der Waals surface area contributed by atoms with Crippen molar-refractivity contribution in [1.82, 2.24) is 0 Å². The third kappa shape index (κ3) is 4.03. The maximum absolute atomic E-state index is 13.4. The van der Waals surface area contributed by atoms with Gasteiger partial charge in [0.1, 0.15) is 13.8 Å². The van der Waals surface area contributed by atoms with Crippen molar-refractivity contribution in [2.24, 2.45) is 0 Å². The molecule has 41 heavy (non-hydrogen) atoms. The van der Waals surface area contributed by atoms with Crippen LogP contribution in [0.15, 0.2) is 54.6 Å². The first-order valence-electron chi connectivity index (χ1n) is 13.4. The Balaban J connectivity index is 1.64. The molecule has 0 aliphatic carbocycles. The van der Waals surface area contributed by atoms with E-state index in [2.05, 4.69) is 49.0 Å². The number of ether oxygens (including phenoxy) is 1. The lowest BCUT2D eigenvalue weighted by Gasteiger charge is -2.45. The first-order chi connectivity index (χ1) is 19.0. The molecule has 3 aliphatic rings. The van der Waals surface area contributed by atoms with Gasteiger partial charge in [-0.05, 0) is 64.2 Å². The fourth-order valence-electron chi connectivity index (χ4n) is 6.12. The molecule has 1 atom stereocenters. The van der Waals surface area contributed by atoms with E-state index in [1.54, 1.807) is 12.1 Å². The summed E-state index contributed by atoms with van der Waals surface area (Å²) in [4.78, 5) is 15.7. The zero-order valence-corrected chi connectivity index (χ0v) is 25.2. The number of carbonyl (C=O) groups excluding carboxylic acids is 1.